The van der Waals surface area contributed by atoms with E-state index in [4.69, 9.17) is 4.42 Å². The smallest absolute Gasteiger partial charge is 0.294 e. The molecule has 0 aliphatic carbocycles. The number of aryl methyl sites for hydroxylation is 1. The Morgan fingerprint density at radius 2 is 1.59 bits per heavy atom. The van der Waals surface area contributed by atoms with Crippen LogP contribution in [0.25, 0.3) is 0 Å². The monoisotopic (exact) mass is 450 g/mol. The SMILES string of the molecule is Cc1ccc(C(=O)N(c2ccccc2)[C@@H]2C[C@@H](C)N(C(=O)c3ccco3)c3ccccc32)cc1. The summed E-state index contributed by atoms with van der Waals surface area (Å²) in [6.07, 6.45) is 2.10. The molecule has 0 saturated heterocycles. The second-order valence-corrected chi connectivity index (χ2v) is 8.69. The third-order valence-corrected chi connectivity index (χ3v) is 6.37. The molecule has 34 heavy (non-hydrogen) atoms. The van der Waals surface area contributed by atoms with Crippen molar-refractivity contribution >= 4 is 23.2 Å². The first-order valence-corrected chi connectivity index (χ1v) is 11.5. The average Bonchev–Trinajstić information content (AvgIpc) is 3.40. The van der Waals surface area contributed by atoms with Crippen LogP contribution in [0, 0.1) is 6.92 Å². The molecule has 0 fully saturated rings. The van der Waals surface area contributed by atoms with Gasteiger partial charge in [-0.3, -0.25) is 9.59 Å². The molecule has 1 aliphatic rings. The summed E-state index contributed by atoms with van der Waals surface area (Å²) in [5, 5.41) is 0. The number of carbonyl (C=O) groups excluding carboxylic acids is 2. The highest BCUT2D eigenvalue weighted by molar-refractivity contribution is 6.08. The third-order valence-electron chi connectivity index (χ3n) is 6.37. The van der Waals surface area contributed by atoms with E-state index >= 15 is 0 Å². The maximum absolute atomic E-state index is 13.9. The fourth-order valence-electron chi connectivity index (χ4n) is 4.72. The number of benzene rings is 3. The molecule has 3 aromatic carbocycles. The minimum Gasteiger partial charge on any atom is -0.459 e. The molecule has 2 atom stereocenters. The lowest BCUT2D eigenvalue weighted by Gasteiger charge is -2.43. The Morgan fingerprint density at radius 3 is 2.29 bits per heavy atom. The maximum Gasteiger partial charge on any atom is 0.294 e. The van der Waals surface area contributed by atoms with Crippen LogP contribution in [-0.2, 0) is 0 Å². The summed E-state index contributed by atoms with van der Waals surface area (Å²) in [7, 11) is 0. The van der Waals surface area contributed by atoms with Crippen molar-refractivity contribution in [3.05, 3.63) is 120 Å². The largest absolute Gasteiger partial charge is 0.459 e. The lowest BCUT2D eigenvalue weighted by atomic mass is 9.89. The van der Waals surface area contributed by atoms with E-state index in [0.29, 0.717) is 17.7 Å². The minimum atomic E-state index is -0.233. The summed E-state index contributed by atoms with van der Waals surface area (Å²) in [4.78, 5) is 30.9. The molecule has 1 aliphatic heterocycles. The van der Waals surface area contributed by atoms with Gasteiger partial charge in [0, 0.05) is 23.0 Å². The Hall–Kier alpha value is -4.12. The van der Waals surface area contributed by atoms with Crippen LogP contribution < -0.4 is 9.80 Å². The van der Waals surface area contributed by atoms with Crippen molar-refractivity contribution in [2.45, 2.75) is 32.4 Å². The van der Waals surface area contributed by atoms with E-state index in [9.17, 15) is 9.59 Å². The molecule has 170 valence electrons. The lowest BCUT2D eigenvalue weighted by Crippen LogP contribution is -2.47. The molecule has 0 bridgehead atoms. The van der Waals surface area contributed by atoms with Gasteiger partial charge in [0.1, 0.15) is 0 Å². The molecule has 4 aromatic rings. The maximum atomic E-state index is 13.9. The van der Waals surface area contributed by atoms with Crippen molar-refractivity contribution in [2.75, 3.05) is 9.80 Å². The molecule has 1 aromatic heterocycles. The first kappa shape index (κ1) is 21.7. The highest BCUT2D eigenvalue weighted by atomic mass is 16.3. The number of amides is 2. The zero-order valence-electron chi connectivity index (χ0n) is 19.2. The molecule has 0 saturated carbocycles. The van der Waals surface area contributed by atoms with Crippen molar-refractivity contribution < 1.29 is 14.0 Å². The van der Waals surface area contributed by atoms with Gasteiger partial charge in [-0.1, -0.05) is 54.1 Å². The van der Waals surface area contributed by atoms with Crippen LogP contribution in [0.15, 0.2) is 102 Å². The molecule has 2 amide bonds. The number of nitrogens with zero attached hydrogens (tertiary/aromatic N) is 2. The molecule has 0 radical (unpaired) electrons. The van der Waals surface area contributed by atoms with E-state index in [0.717, 1.165) is 22.5 Å². The summed E-state index contributed by atoms with van der Waals surface area (Å²) in [6.45, 7) is 4.02. The first-order chi connectivity index (χ1) is 16.5. The van der Waals surface area contributed by atoms with Crippen LogP contribution in [0.4, 0.5) is 11.4 Å². The summed E-state index contributed by atoms with van der Waals surface area (Å²) >= 11 is 0. The van der Waals surface area contributed by atoms with E-state index in [1.54, 1.807) is 17.0 Å². The third kappa shape index (κ3) is 3.90. The number of furan rings is 1. The van der Waals surface area contributed by atoms with Crippen LogP contribution in [-0.4, -0.2) is 17.9 Å². The molecule has 0 spiro atoms. The molecule has 5 rings (SSSR count). The van der Waals surface area contributed by atoms with Gasteiger partial charge in [-0.15, -0.1) is 0 Å². The molecule has 0 unspecified atom stereocenters. The van der Waals surface area contributed by atoms with E-state index < -0.39 is 0 Å². The van der Waals surface area contributed by atoms with Gasteiger partial charge in [-0.2, -0.15) is 0 Å². The molecule has 2 heterocycles. The van der Waals surface area contributed by atoms with Gasteiger partial charge >= 0.3 is 0 Å². The second-order valence-electron chi connectivity index (χ2n) is 8.69. The van der Waals surface area contributed by atoms with Gasteiger partial charge in [0.15, 0.2) is 5.76 Å². The van der Waals surface area contributed by atoms with Crippen molar-refractivity contribution in [1.82, 2.24) is 0 Å². The van der Waals surface area contributed by atoms with Crippen molar-refractivity contribution in [1.29, 1.82) is 0 Å². The number of hydrogen-bond donors (Lipinski definition) is 0. The zero-order chi connectivity index (χ0) is 23.7. The van der Waals surface area contributed by atoms with Gasteiger partial charge < -0.3 is 14.2 Å². The lowest BCUT2D eigenvalue weighted by molar-refractivity contribution is 0.0944. The second kappa shape index (κ2) is 9.02. The quantitative estimate of drug-likeness (QED) is 0.361. The number of para-hydroxylation sites is 2. The van der Waals surface area contributed by atoms with Crippen LogP contribution in [0.1, 0.15) is 51.4 Å². The van der Waals surface area contributed by atoms with E-state index in [1.807, 2.05) is 97.6 Å². The van der Waals surface area contributed by atoms with Crippen molar-refractivity contribution in [2.24, 2.45) is 0 Å². The Morgan fingerprint density at radius 1 is 0.882 bits per heavy atom. The standard InChI is InChI=1S/C29H26N2O3/c1-20-14-16-22(17-15-20)28(32)31(23-9-4-3-5-10-23)26-19-21(2)30(25-12-7-6-11-24(25)26)29(33)27-13-8-18-34-27/h3-18,21,26H,19H2,1-2H3/t21-,26-/m1/s1. The Labute approximate surface area is 199 Å². The number of rotatable bonds is 4. The topological polar surface area (TPSA) is 53.8 Å². The fraction of sp³-hybridized carbons (Fsp3) is 0.172. The number of hydrogen-bond acceptors (Lipinski definition) is 3. The van der Waals surface area contributed by atoms with Gasteiger partial charge in [0.25, 0.3) is 11.8 Å². The first-order valence-electron chi connectivity index (χ1n) is 11.5. The highest BCUT2D eigenvalue weighted by Gasteiger charge is 2.39. The highest BCUT2D eigenvalue weighted by Crippen LogP contribution is 2.43. The Kier molecular flexibility index (Phi) is 5.76. The van der Waals surface area contributed by atoms with Crippen LogP contribution >= 0.6 is 0 Å². The summed E-state index contributed by atoms with van der Waals surface area (Å²) in [5.74, 6) is 0.0549. The normalized spacial score (nSPS) is 17.2. The summed E-state index contributed by atoms with van der Waals surface area (Å²) < 4.78 is 5.41. The number of anilines is 2. The summed E-state index contributed by atoms with van der Waals surface area (Å²) in [6, 6.07) is 28.2. The predicted octanol–water partition coefficient (Wildman–Crippen LogP) is 6.42. The zero-order valence-corrected chi connectivity index (χ0v) is 19.2. The van der Waals surface area contributed by atoms with Crippen molar-refractivity contribution in [3.8, 4) is 0 Å². The van der Waals surface area contributed by atoms with Crippen LogP contribution in [0.2, 0.25) is 0 Å². The fourth-order valence-corrected chi connectivity index (χ4v) is 4.72. The Balaban J connectivity index is 1.61. The van der Waals surface area contributed by atoms with E-state index in [-0.39, 0.29) is 23.9 Å². The summed E-state index contributed by atoms with van der Waals surface area (Å²) in [5.41, 5.74) is 4.29. The molecule has 5 heteroatoms. The average molecular weight is 451 g/mol. The van der Waals surface area contributed by atoms with E-state index in [2.05, 4.69) is 0 Å². The predicted molar refractivity (Wildman–Crippen MR) is 133 cm³/mol. The van der Waals surface area contributed by atoms with Gasteiger partial charge in [-0.25, -0.2) is 0 Å². The van der Waals surface area contributed by atoms with Crippen LogP contribution in [0.5, 0.6) is 0 Å². The number of fused-ring (bicyclic) bond motifs is 1. The van der Waals surface area contributed by atoms with E-state index in [1.165, 1.54) is 6.26 Å². The minimum absolute atomic E-state index is 0.0657. The molecular weight excluding hydrogens is 424 g/mol. The van der Waals surface area contributed by atoms with Gasteiger partial charge in [-0.05, 0) is 68.3 Å². The number of carbonyl (C=O) groups is 2. The van der Waals surface area contributed by atoms with Crippen LogP contribution in [0.3, 0.4) is 0 Å². The molecule has 5 nitrogen and oxygen atoms in total. The Bertz CT molecular complexity index is 1300. The van der Waals surface area contributed by atoms with Gasteiger partial charge in [0.05, 0.1) is 12.3 Å². The molecular formula is C29H26N2O3. The molecule has 0 N–H and O–H groups in total. The van der Waals surface area contributed by atoms with Gasteiger partial charge in [0.2, 0.25) is 0 Å². The van der Waals surface area contributed by atoms with Crippen molar-refractivity contribution in [3.63, 3.8) is 0 Å².